The number of rotatable bonds is 9. The lowest BCUT2D eigenvalue weighted by Crippen LogP contribution is -2.55. The van der Waals surface area contributed by atoms with Crippen molar-refractivity contribution < 1.29 is 18.0 Å². The van der Waals surface area contributed by atoms with Crippen molar-refractivity contribution in [1.29, 1.82) is 0 Å². The third kappa shape index (κ3) is 7.87. The number of hydrogen-bond donors (Lipinski definition) is 1. The van der Waals surface area contributed by atoms with Gasteiger partial charge in [0.15, 0.2) is 0 Å². The van der Waals surface area contributed by atoms with Crippen LogP contribution in [0.5, 0.6) is 0 Å². The monoisotopic (exact) mass is 487 g/mol. The molecule has 1 unspecified atom stereocenters. The first-order valence-corrected chi connectivity index (χ1v) is 13.2. The van der Waals surface area contributed by atoms with Crippen LogP contribution in [0.3, 0.4) is 0 Å². The number of amides is 2. The molecule has 1 N–H and O–H groups in total. The van der Waals surface area contributed by atoms with Crippen LogP contribution in [0.1, 0.15) is 44.4 Å². The molecule has 0 heterocycles. The molecule has 8 heteroatoms. The number of aryl methyl sites for hydroxylation is 2. The first-order valence-electron chi connectivity index (χ1n) is 11.4. The first-order chi connectivity index (χ1) is 15.7. The van der Waals surface area contributed by atoms with Gasteiger partial charge in [-0.25, -0.2) is 8.42 Å². The van der Waals surface area contributed by atoms with Crippen molar-refractivity contribution in [3.05, 3.63) is 65.2 Å². The highest BCUT2D eigenvalue weighted by Crippen LogP contribution is 2.24. The number of carbonyl (C=O) groups excluding carboxylic acids is 2. The summed E-state index contributed by atoms with van der Waals surface area (Å²) in [6.07, 6.45) is 1.63. The minimum absolute atomic E-state index is 0.284. The number of carbonyl (C=O) groups is 2. The molecular formula is C26H37N3O4S. The van der Waals surface area contributed by atoms with Gasteiger partial charge in [0.25, 0.3) is 0 Å². The molecule has 34 heavy (non-hydrogen) atoms. The van der Waals surface area contributed by atoms with E-state index in [-0.39, 0.29) is 19.0 Å². The van der Waals surface area contributed by atoms with Gasteiger partial charge in [0.05, 0.1) is 11.9 Å². The molecule has 2 rings (SSSR count). The maximum Gasteiger partial charge on any atom is 0.244 e. The SMILES string of the molecule is Cc1ccc(C)c(N(CC(=O)N(CCc2ccccc2)C(C)C(=O)NC(C)(C)C)S(C)(=O)=O)c1. The van der Waals surface area contributed by atoms with Gasteiger partial charge in [-0.05, 0) is 70.7 Å². The van der Waals surface area contributed by atoms with Gasteiger partial charge < -0.3 is 10.2 Å². The second-order valence-electron chi connectivity index (χ2n) is 9.80. The van der Waals surface area contributed by atoms with Gasteiger partial charge in [-0.3, -0.25) is 13.9 Å². The number of nitrogens with zero attached hydrogens (tertiary/aromatic N) is 2. The molecule has 0 aromatic heterocycles. The molecule has 186 valence electrons. The van der Waals surface area contributed by atoms with Crippen molar-refractivity contribution in [2.75, 3.05) is 23.7 Å². The van der Waals surface area contributed by atoms with E-state index in [0.717, 1.165) is 27.3 Å². The van der Waals surface area contributed by atoms with Gasteiger partial charge in [0.2, 0.25) is 21.8 Å². The van der Waals surface area contributed by atoms with Crippen LogP contribution in [0.15, 0.2) is 48.5 Å². The molecule has 2 aromatic carbocycles. The maximum absolute atomic E-state index is 13.5. The lowest BCUT2D eigenvalue weighted by molar-refractivity contribution is -0.139. The summed E-state index contributed by atoms with van der Waals surface area (Å²) in [5.74, 6) is -0.717. The topological polar surface area (TPSA) is 86.8 Å². The molecule has 0 spiro atoms. The molecule has 2 amide bonds. The van der Waals surface area contributed by atoms with Gasteiger partial charge in [0.1, 0.15) is 12.6 Å². The average molecular weight is 488 g/mol. The van der Waals surface area contributed by atoms with Crippen LogP contribution in [-0.2, 0) is 26.0 Å². The zero-order valence-corrected chi connectivity index (χ0v) is 22.1. The molecule has 0 saturated heterocycles. The Morgan fingerprint density at radius 2 is 1.65 bits per heavy atom. The van der Waals surface area contributed by atoms with Crippen LogP contribution in [0, 0.1) is 13.8 Å². The number of benzene rings is 2. The highest BCUT2D eigenvalue weighted by Gasteiger charge is 2.31. The van der Waals surface area contributed by atoms with Crippen LogP contribution in [0.25, 0.3) is 0 Å². The minimum Gasteiger partial charge on any atom is -0.350 e. The van der Waals surface area contributed by atoms with E-state index in [1.54, 1.807) is 13.0 Å². The Labute approximate surface area is 204 Å². The Morgan fingerprint density at radius 1 is 1.03 bits per heavy atom. The maximum atomic E-state index is 13.5. The van der Waals surface area contributed by atoms with Crippen molar-refractivity contribution in [3.63, 3.8) is 0 Å². The number of nitrogens with one attached hydrogen (secondary N) is 1. The van der Waals surface area contributed by atoms with Crippen molar-refractivity contribution in [3.8, 4) is 0 Å². The fourth-order valence-corrected chi connectivity index (χ4v) is 4.53. The lowest BCUT2D eigenvalue weighted by Gasteiger charge is -2.33. The van der Waals surface area contributed by atoms with Crippen LogP contribution >= 0.6 is 0 Å². The molecular weight excluding hydrogens is 450 g/mol. The molecule has 0 saturated carbocycles. The van der Waals surface area contributed by atoms with Crippen LogP contribution in [0.2, 0.25) is 0 Å². The Hall–Kier alpha value is -2.87. The summed E-state index contributed by atoms with van der Waals surface area (Å²) in [5, 5.41) is 2.92. The van der Waals surface area contributed by atoms with Crippen molar-refractivity contribution in [2.45, 2.75) is 59.5 Å². The molecule has 0 fully saturated rings. The summed E-state index contributed by atoms with van der Waals surface area (Å²) in [4.78, 5) is 27.9. The molecule has 0 bridgehead atoms. The summed E-state index contributed by atoms with van der Waals surface area (Å²) in [6, 6.07) is 14.4. The summed E-state index contributed by atoms with van der Waals surface area (Å²) in [6.45, 7) is 10.9. The van der Waals surface area contributed by atoms with Gasteiger partial charge in [-0.2, -0.15) is 0 Å². The second-order valence-corrected chi connectivity index (χ2v) is 11.7. The summed E-state index contributed by atoms with van der Waals surface area (Å²) >= 11 is 0. The van der Waals surface area contributed by atoms with E-state index in [2.05, 4.69) is 5.32 Å². The minimum atomic E-state index is -3.74. The predicted octanol–water partition coefficient (Wildman–Crippen LogP) is 3.44. The van der Waals surface area contributed by atoms with E-state index in [9.17, 15) is 18.0 Å². The first kappa shape index (κ1) is 27.4. The standard InChI is InChI=1S/C26H37N3O4S/c1-19-13-14-20(2)23(17-19)29(34(7,32)33)18-24(30)28(16-15-22-11-9-8-10-12-22)21(3)25(31)27-26(4,5)6/h8-14,17,21H,15-16,18H2,1-7H3,(H,27,31). The Bertz CT molecular complexity index is 1110. The Kier molecular flexibility index (Phi) is 8.89. The van der Waals surface area contributed by atoms with E-state index in [4.69, 9.17) is 0 Å². The van der Waals surface area contributed by atoms with E-state index in [1.165, 1.54) is 4.90 Å². The molecule has 1 atom stereocenters. The summed E-state index contributed by atoms with van der Waals surface area (Å²) in [7, 11) is -3.74. The number of sulfonamides is 1. The quantitative estimate of drug-likeness (QED) is 0.587. The van der Waals surface area contributed by atoms with E-state index in [0.29, 0.717) is 12.1 Å². The van der Waals surface area contributed by atoms with Gasteiger partial charge >= 0.3 is 0 Å². The number of hydrogen-bond acceptors (Lipinski definition) is 4. The highest BCUT2D eigenvalue weighted by molar-refractivity contribution is 7.92. The summed E-state index contributed by atoms with van der Waals surface area (Å²) in [5.41, 5.74) is 2.67. The third-order valence-corrected chi connectivity index (χ3v) is 6.59. The van der Waals surface area contributed by atoms with E-state index in [1.807, 2.05) is 77.1 Å². The van der Waals surface area contributed by atoms with Crippen molar-refractivity contribution in [1.82, 2.24) is 10.2 Å². The summed E-state index contributed by atoms with van der Waals surface area (Å²) < 4.78 is 26.5. The average Bonchev–Trinajstić information content (AvgIpc) is 2.72. The van der Waals surface area contributed by atoms with Gasteiger partial charge in [-0.1, -0.05) is 42.5 Å². The molecule has 0 radical (unpaired) electrons. The smallest absolute Gasteiger partial charge is 0.244 e. The Morgan fingerprint density at radius 3 is 2.21 bits per heavy atom. The Balaban J connectivity index is 2.37. The predicted molar refractivity (Wildman–Crippen MR) is 137 cm³/mol. The highest BCUT2D eigenvalue weighted by atomic mass is 32.2. The molecule has 0 aliphatic carbocycles. The second kappa shape index (κ2) is 11.0. The van der Waals surface area contributed by atoms with Crippen molar-refractivity contribution >= 4 is 27.5 Å². The largest absolute Gasteiger partial charge is 0.350 e. The molecule has 0 aliphatic rings. The lowest BCUT2D eigenvalue weighted by atomic mass is 10.1. The molecule has 0 aliphatic heterocycles. The van der Waals surface area contributed by atoms with Crippen LogP contribution in [-0.4, -0.2) is 56.1 Å². The normalized spacial score (nSPS) is 12.7. The van der Waals surface area contributed by atoms with E-state index >= 15 is 0 Å². The fourth-order valence-electron chi connectivity index (χ4n) is 3.63. The molecule has 2 aromatic rings. The van der Waals surface area contributed by atoms with Gasteiger partial charge in [0, 0.05) is 12.1 Å². The van der Waals surface area contributed by atoms with Crippen LogP contribution in [0.4, 0.5) is 5.69 Å². The zero-order chi connectivity index (χ0) is 25.7. The van der Waals surface area contributed by atoms with E-state index < -0.39 is 27.5 Å². The number of anilines is 1. The fraction of sp³-hybridized carbons (Fsp3) is 0.462. The van der Waals surface area contributed by atoms with Crippen LogP contribution < -0.4 is 9.62 Å². The van der Waals surface area contributed by atoms with Crippen molar-refractivity contribution in [2.24, 2.45) is 0 Å². The third-order valence-electron chi connectivity index (χ3n) is 5.46. The molecule has 7 nitrogen and oxygen atoms in total. The van der Waals surface area contributed by atoms with Gasteiger partial charge in [-0.15, -0.1) is 0 Å². The zero-order valence-electron chi connectivity index (χ0n) is 21.3.